The molecule has 0 radical (unpaired) electrons. The zero-order chi connectivity index (χ0) is 19.1. The first-order valence-corrected chi connectivity index (χ1v) is 9.87. The van der Waals surface area contributed by atoms with Crippen LogP contribution in [0.4, 0.5) is 0 Å². The Kier molecular flexibility index (Phi) is 7.07. The van der Waals surface area contributed by atoms with Crippen LogP contribution in [0.25, 0.3) is 0 Å². The van der Waals surface area contributed by atoms with Crippen molar-refractivity contribution >= 4 is 5.91 Å². The van der Waals surface area contributed by atoms with Gasteiger partial charge in [-0.25, -0.2) is 0 Å². The number of rotatable bonds is 8. The highest BCUT2D eigenvalue weighted by molar-refractivity contribution is 5.76. The van der Waals surface area contributed by atoms with Crippen molar-refractivity contribution in [2.24, 2.45) is 11.8 Å². The lowest BCUT2D eigenvalue weighted by molar-refractivity contribution is -0.135. The van der Waals surface area contributed by atoms with Crippen molar-refractivity contribution in [3.63, 3.8) is 0 Å². The van der Waals surface area contributed by atoms with E-state index in [9.17, 15) is 9.90 Å². The first-order valence-electron chi connectivity index (χ1n) is 9.87. The molecule has 5 nitrogen and oxygen atoms in total. The number of aliphatic hydroxyl groups is 1. The normalized spacial score (nSPS) is 17.4. The largest absolute Gasteiger partial charge is 0.467 e. The van der Waals surface area contributed by atoms with Crippen molar-refractivity contribution in [3.05, 3.63) is 60.1 Å². The molecule has 1 amide bonds. The minimum Gasteiger partial charge on any atom is -0.467 e. The molecule has 1 aromatic heterocycles. The second kappa shape index (κ2) is 9.72. The van der Waals surface area contributed by atoms with E-state index < -0.39 is 6.10 Å². The lowest BCUT2D eigenvalue weighted by Gasteiger charge is -2.31. The lowest BCUT2D eigenvalue weighted by Crippen LogP contribution is -2.37. The van der Waals surface area contributed by atoms with Gasteiger partial charge in [-0.1, -0.05) is 37.3 Å². The van der Waals surface area contributed by atoms with Crippen molar-refractivity contribution < 1.29 is 14.3 Å². The highest BCUT2D eigenvalue weighted by atomic mass is 16.4. The summed E-state index contributed by atoms with van der Waals surface area (Å²) in [5.41, 5.74) is 1.06. The molecule has 1 aromatic carbocycles. The molecular weight excluding hydrogens is 340 g/mol. The topological polar surface area (TPSA) is 65.7 Å². The molecular formula is C22H30N2O3. The molecule has 3 rings (SSSR count). The fourth-order valence-corrected chi connectivity index (χ4v) is 3.82. The number of hydrogen-bond acceptors (Lipinski definition) is 4. The Morgan fingerprint density at radius 1 is 1.22 bits per heavy atom. The third kappa shape index (κ3) is 5.68. The van der Waals surface area contributed by atoms with Crippen LogP contribution in [0.1, 0.15) is 43.6 Å². The lowest BCUT2D eigenvalue weighted by atomic mass is 9.84. The van der Waals surface area contributed by atoms with Crippen LogP contribution in [0.15, 0.2) is 53.1 Å². The minimum absolute atomic E-state index is 0.0930. The van der Waals surface area contributed by atoms with Gasteiger partial charge in [0.1, 0.15) is 11.9 Å². The van der Waals surface area contributed by atoms with Gasteiger partial charge in [-0.2, -0.15) is 0 Å². The Morgan fingerprint density at radius 2 is 1.96 bits per heavy atom. The number of furan rings is 1. The zero-order valence-electron chi connectivity index (χ0n) is 16.0. The number of carbonyl (C=O) groups is 1. The third-order valence-corrected chi connectivity index (χ3v) is 5.52. The predicted octanol–water partition coefficient (Wildman–Crippen LogP) is 3.37. The quantitative estimate of drug-likeness (QED) is 0.748. The molecule has 0 bridgehead atoms. The molecule has 0 spiro atoms. The van der Waals surface area contributed by atoms with E-state index in [2.05, 4.69) is 12.2 Å². The molecule has 146 valence electrons. The standard InChI is InChI=1S/C22H30N2O3/c1-17(19-9-11-23-12-10-19)14-22(26)24(15-18-6-3-2-4-7-18)16-20(25)21-8-5-13-27-21/h2-8,13,17,19-20,23,25H,9-12,14-16H2,1H3. The average Bonchev–Trinajstić information content (AvgIpc) is 3.24. The summed E-state index contributed by atoms with van der Waals surface area (Å²) in [6.45, 7) is 4.98. The number of benzene rings is 1. The van der Waals surface area contributed by atoms with Crippen LogP contribution in [-0.4, -0.2) is 35.5 Å². The molecule has 0 aliphatic carbocycles. The van der Waals surface area contributed by atoms with E-state index in [0.29, 0.717) is 30.6 Å². The van der Waals surface area contributed by atoms with E-state index in [1.165, 1.54) is 0 Å². The van der Waals surface area contributed by atoms with Gasteiger partial charge in [0.05, 0.1) is 12.8 Å². The fourth-order valence-electron chi connectivity index (χ4n) is 3.82. The van der Waals surface area contributed by atoms with E-state index in [4.69, 9.17) is 4.42 Å². The molecule has 1 fully saturated rings. The Balaban J connectivity index is 1.66. The number of carbonyl (C=O) groups excluding carboxylic acids is 1. The van der Waals surface area contributed by atoms with Gasteiger partial charge in [-0.3, -0.25) is 4.79 Å². The fraction of sp³-hybridized carbons (Fsp3) is 0.500. The summed E-state index contributed by atoms with van der Waals surface area (Å²) in [5, 5.41) is 13.9. The number of amides is 1. The molecule has 1 aliphatic rings. The molecule has 1 aliphatic heterocycles. The summed E-state index contributed by atoms with van der Waals surface area (Å²) in [7, 11) is 0. The number of aliphatic hydroxyl groups excluding tert-OH is 1. The second-order valence-electron chi connectivity index (χ2n) is 7.56. The van der Waals surface area contributed by atoms with Crippen molar-refractivity contribution in [1.82, 2.24) is 10.2 Å². The highest BCUT2D eigenvalue weighted by Gasteiger charge is 2.26. The summed E-state index contributed by atoms with van der Waals surface area (Å²) in [6.07, 6.45) is 3.50. The predicted molar refractivity (Wildman–Crippen MR) is 105 cm³/mol. The van der Waals surface area contributed by atoms with E-state index in [0.717, 1.165) is 31.5 Å². The van der Waals surface area contributed by atoms with E-state index >= 15 is 0 Å². The summed E-state index contributed by atoms with van der Waals surface area (Å²) < 4.78 is 5.31. The number of piperidine rings is 1. The highest BCUT2D eigenvalue weighted by Crippen LogP contribution is 2.26. The molecule has 2 atom stereocenters. The van der Waals surface area contributed by atoms with Gasteiger partial charge in [0.25, 0.3) is 0 Å². The SMILES string of the molecule is CC(CC(=O)N(Cc1ccccc1)CC(O)c1ccco1)C1CCNCC1. The van der Waals surface area contributed by atoms with Gasteiger partial charge in [-0.05, 0) is 55.5 Å². The monoisotopic (exact) mass is 370 g/mol. The summed E-state index contributed by atoms with van der Waals surface area (Å²) in [4.78, 5) is 14.8. The summed E-state index contributed by atoms with van der Waals surface area (Å²) in [6, 6.07) is 13.4. The maximum Gasteiger partial charge on any atom is 0.223 e. The number of nitrogens with one attached hydrogen (secondary N) is 1. The molecule has 2 N–H and O–H groups in total. The first-order chi connectivity index (χ1) is 13.1. The molecule has 2 heterocycles. The van der Waals surface area contributed by atoms with Gasteiger partial charge in [0.15, 0.2) is 0 Å². The average molecular weight is 370 g/mol. The van der Waals surface area contributed by atoms with Crippen LogP contribution in [-0.2, 0) is 11.3 Å². The van der Waals surface area contributed by atoms with Crippen LogP contribution in [0.2, 0.25) is 0 Å². The van der Waals surface area contributed by atoms with Gasteiger partial charge >= 0.3 is 0 Å². The molecule has 5 heteroatoms. The van der Waals surface area contributed by atoms with E-state index in [1.807, 2.05) is 30.3 Å². The van der Waals surface area contributed by atoms with Crippen LogP contribution < -0.4 is 5.32 Å². The minimum atomic E-state index is -0.818. The van der Waals surface area contributed by atoms with Crippen molar-refractivity contribution in [2.45, 2.75) is 38.8 Å². The van der Waals surface area contributed by atoms with Crippen LogP contribution in [0, 0.1) is 11.8 Å². The van der Waals surface area contributed by atoms with Gasteiger partial charge < -0.3 is 19.7 Å². The molecule has 2 unspecified atom stereocenters. The molecule has 1 saturated heterocycles. The molecule has 2 aromatic rings. The zero-order valence-corrected chi connectivity index (χ0v) is 16.0. The smallest absolute Gasteiger partial charge is 0.223 e. The maximum absolute atomic E-state index is 13.1. The Labute approximate surface area is 161 Å². The first kappa shape index (κ1) is 19.6. The van der Waals surface area contributed by atoms with Crippen molar-refractivity contribution in [3.8, 4) is 0 Å². The third-order valence-electron chi connectivity index (χ3n) is 5.52. The maximum atomic E-state index is 13.1. The molecule has 27 heavy (non-hydrogen) atoms. The van der Waals surface area contributed by atoms with Crippen LogP contribution >= 0.6 is 0 Å². The van der Waals surface area contributed by atoms with Crippen LogP contribution in [0.5, 0.6) is 0 Å². The molecule has 0 saturated carbocycles. The van der Waals surface area contributed by atoms with Gasteiger partial charge in [0, 0.05) is 13.0 Å². The van der Waals surface area contributed by atoms with Crippen molar-refractivity contribution in [2.75, 3.05) is 19.6 Å². The van der Waals surface area contributed by atoms with E-state index in [-0.39, 0.29) is 12.5 Å². The van der Waals surface area contributed by atoms with E-state index in [1.54, 1.807) is 23.3 Å². The second-order valence-corrected chi connectivity index (χ2v) is 7.56. The Morgan fingerprint density at radius 3 is 2.63 bits per heavy atom. The van der Waals surface area contributed by atoms with Crippen molar-refractivity contribution in [1.29, 1.82) is 0 Å². The van der Waals surface area contributed by atoms with Gasteiger partial charge in [0.2, 0.25) is 5.91 Å². The summed E-state index contributed by atoms with van der Waals surface area (Å²) >= 11 is 0. The Hall–Kier alpha value is -2.11. The number of nitrogens with zero attached hydrogens (tertiary/aromatic N) is 1. The Bertz CT molecular complexity index is 681. The summed E-state index contributed by atoms with van der Waals surface area (Å²) in [5.74, 6) is 1.52. The number of hydrogen-bond donors (Lipinski definition) is 2. The van der Waals surface area contributed by atoms with Gasteiger partial charge in [-0.15, -0.1) is 0 Å². The van der Waals surface area contributed by atoms with Crippen LogP contribution in [0.3, 0.4) is 0 Å².